The highest BCUT2D eigenvalue weighted by Gasteiger charge is 2.50. The van der Waals surface area contributed by atoms with E-state index in [-0.39, 0.29) is 67.3 Å². The second-order valence-corrected chi connectivity index (χ2v) is 13.0. The molecule has 0 radical (unpaired) electrons. The van der Waals surface area contributed by atoms with E-state index in [1.54, 1.807) is 4.90 Å². The van der Waals surface area contributed by atoms with Crippen molar-refractivity contribution in [2.45, 2.75) is 69.4 Å². The van der Waals surface area contributed by atoms with Crippen molar-refractivity contribution in [1.82, 2.24) is 15.3 Å². The Labute approximate surface area is 287 Å². The molecule has 15 nitrogen and oxygen atoms in total. The molecule has 4 aliphatic rings. The van der Waals surface area contributed by atoms with Crippen LogP contribution in [0, 0.1) is 0 Å². The molecule has 6 rings (SSSR count). The molecule has 18 heteroatoms. The molecule has 2 aromatic rings. The SMILES string of the molecule is CC(=O)[C@]1(O)Cc2c(O)c3c(c(O)c2[C@@H](OC2CC(NO)C(=O)C(C)O2)C1)C(=O)c1c(OCN2CCN(C(=O)C(F)(F)F)CC2)cccc1C3=O. The highest BCUT2D eigenvalue weighted by atomic mass is 19.4. The van der Waals surface area contributed by atoms with Gasteiger partial charge in [-0.15, -0.1) is 0 Å². The summed E-state index contributed by atoms with van der Waals surface area (Å²) < 4.78 is 56.1. The Morgan fingerprint density at radius 1 is 1.04 bits per heavy atom. The fourth-order valence-corrected chi connectivity index (χ4v) is 7.00. The molecule has 51 heavy (non-hydrogen) atoms. The van der Waals surface area contributed by atoms with E-state index < -0.39 is 101 Å². The van der Waals surface area contributed by atoms with Gasteiger partial charge in [-0.1, -0.05) is 12.1 Å². The van der Waals surface area contributed by atoms with Gasteiger partial charge in [-0.25, -0.2) is 0 Å². The number of halogens is 3. The van der Waals surface area contributed by atoms with Gasteiger partial charge in [-0.05, 0) is 19.9 Å². The maximum Gasteiger partial charge on any atom is 0.471 e. The first kappa shape index (κ1) is 36.3. The molecule has 5 N–H and O–H groups in total. The first-order valence-corrected chi connectivity index (χ1v) is 16.0. The van der Waals surface area contributed by atoms with Crippen molar-refractivity contribution in [3.63, 3.8) is 0 Å². The summed E-state index contributed by atoms with van der Waals surface area (Å²) >= 11 is 0. The van der Waals surface area contributed by atoms with Crippen LogP contribution in [-0.2, 0) is 30.3 Å². The van der Waals surface area contributed by atoms with Gasteiger partial charge in [-0.2, -0.15) is 18.7 Å². The van der Waals surface area contributed by atoms with Gasteiger partial charge in [0.25, 0.3) is 0 Å². The zero-order chi connectivity index (χ0) is 37.2. The molecule has 0 saturated carbocycles. The Hall–Kier alpha value is -4.46. The van der Waals surface area contributed by atoms with Crippen LogP contribution in [0.1, 0.15) is 75.8 Å². The van der Waals surface area contributed by atoms with E-state index in [1.807, 2.05) is 5.48 Å². The second-order valence-electron chi connectivity index (χ2n) is 13.0. The van der Waals surface area contributed by atoms with Crippen molar-refractivity contribution in [3.05, 3.63) is 51.6 Å². The first-order chi connectivity index (χ1) is 24.0. The number of carbonyl (C=O) groups is 5. The second kappa shape index (κ2) is 13.3. The van der Waals surface area contributed by atoms with Gasteiger partial charge >= 0.3 is 12.1 Å². The molecule has 2 saturated heterocycles. The number of aromatic hydroxyl groups is 2. The van der Waals surface area contributed by atoms with Gasteiger partial charge in [0.1, 0.15) is 35.7 Å². The van der Waals surface area contributed by atoms with E-state index in [4.69, 9.17) is 14.2 Å². The molecular weight excluding hydrogens is 687 g/mol. The van der Waals surface area contributed by atoms with Crippen LogP contribution in [0.15, 0.2) is 18.2 Å². The molecule has 2 aliphatic carbocycles. The smallest absolute Gasteiger partial charge is 0.471 e. The summed E-state index contributed by atoms with van der Waals surface area (Å²) in [5, 5.41) is 44.1. The number of hydrogen-bond donors (Lipinski definition) is 5. The highest BCUT2D eigenvalue weighted by Crippen LogP contribution is 2.52. The van der Waals surface area contributed by atoms with Crippen molar-refractivity contribution in [2.24, 2.45) is 0 Å². The summed E-state index contributed by atoms with van der Waals surface area (Å²) in [4.78, 5) is 67.0. The lowest BCUT2D eigenvalue weighted by Gasteiger charge is -2.41. The number of carbonyl (C=O) groups excluding carboxylic acids is 5. The van der Waals surface area contributed by atoms with Gasteiger partial charge in [0.15, 0.2) is 23.6 Å². The molecule has 0 bridgehead atoms. The van der Waals surface area contributed by atoms with E-state index in [0.717, 1.165) is 6.92 Å². The number of ketones is 4. The molecule has 2 aromatic carbocycles. The number of fused-ring (bicyclic) bond motifs is 3. The number of aliphatic hydroxyl groups is 1. The number of phenolic OH excluding ortho intramolecular Hbond substituents is 2. The average molecular weight is 722 g/mol. The van der Waals surface area contributed by atoms with Crippen molar-refractivity contribution in [3.8, 4) is 17.2 Å². The number of alkyl halides is 3. The normalized spacial score (nSPS) is 26.7. The molecule has 3 unspecified atom stereocenters. The topological polar surface area (TPSA) is 212 Å². The Kier molecular flexibility index (Phi) is 9.45. The predicted molar refractivity (Wildman–Crippen MR) is 163 cm³/mol. The standard InChI is InChI=1S/C33H34F3N3O12/c1-14-26(41)18(37-48)10-21(50-14)51-20-12-32(47,15(2)40)11-17-23(20)30(45)25-24(28(17)43)27(42)16-4-3-5-19(22(16)29(25)44)49-13-38-6-8-39(9-7-38)31(46)33(34,35)36/h3-5,14,18,20-21,37,43,45,47-48H,6-13H2,1-2H3/t14?,18?,20-,21?,32-/m0/s1. The van der Waals surface area contributed by atoms with E-state index in [0.29, 0.717) is 4.90 Å². The maximum absolute atomic E-state index is 14.2. The van der Waals surface area contributed by atoms with Crippen LogP contribution in [0.5, 0.6) is 17.2 Å². The predicted octanol–water partition coefficient (Wildman–Crippen LogP) is 1.29. The number of ether oxygens (including phenoxy) is 3. The summed E-state index contributed by atoms with van der Waals surface area (Å²) in [6.45, 7) is 1.89. The number of piperazine rings is 1. The third-order valence-electron chi connectivity index (χ3n) is 9.82. The third kappa shape index (κ3) is 6.36. The lowest BCUT2D eigenvalue weighted by molar-refractivity contribution is -0.226. The van der Waals surface area contributed by atoms with Crippen LogP contribution in [0.25, 0.3) is 0 Å². The fourth-order valence-electron chi connectivity index (χ4n) is 7.00. The molecule has 2 heterocycles. The van der Waals surface area contributed by atoms with Crippen LogP contribution in [0.4, 0.5) is 13.2 Å². The minimum absolute atomic E-state index is 0.0219. The summed E-state index contributed by atoms with van der Waals surface area (Å²) in [6, 6.07) is 2.98. The average Bonchev–Trinajstić information content (AvgIpc) is 3.08. The van der Waals surface area contributed by atoms with Crippen molar-refractivity contribution >= 4 is 29.0 Å². The number of Topliss-reactive ketones (excluding diaryl/α,β-unsaturated/α-hetero) is 2. The third-order valence-corrected chi connectivity index (χ3v) is 9.82. The maximum atomic E-state index is 14.2. The van der Waals surface area contributed by atoms with Crippen LogP contribution < -0.4 is 10.2 Å². The minimum atomic E-state index is -5.01. The quantitative estimate of drug-likeness (QED) is 0.172. The van der Waals surface area contributed by atoms with E-state index in [1.165, 1.54) is 25.1 Å². The van der Waals surface area contributed by atoms with Crippen molar-refractivity contribution < 1.29 is 71.9 Å². The lowest BCUT2D eigenvalue weighted by Crippen LogP contribution is -2.52. The zero-order valence-corrected chi connectivity index (χ0v) is 27.3. The number of phenols is 2. The lowest BCUT2D eigenvalue weighted by atomic mass is 9.72. The molecule has 2 fully saturated rings. The number of rotatable bonds is 7. The summed E-state index contributed by atoms with van der Waals surface area (Å²) in [5.74, 6) is -6.58. The van der Waals surface area contributed by atoms with Gasteiger partial charge in [0.2, 0.25) is 5.78 Å². The van der Waals surface area contributed by atoms with Gasteiger partial charge in [0, 0.05) is 62.1 Å². The largest absolute Gasteiger partial charge is 0.507 e. The molecule has 0 aromatic heterocycles. The minimum Gasteiger partial charge on any atom is -0.507 e. The summed E-state index contributed by atoms with van der Waals surface area (Å²) in [5.41, 5.74) is -2.31. The van der Waals surface area contributed by atoms with Crippen molar-refractivity contribution in [1.29, 1.82) is 0 Å². The first-order valence-electron chi connectivity index (χ1n) is 16.0. The Morgan fingerprint density at radius 3 is 2.33 bits per heavy atom. The number of benzene rings is 2. The summed E-state index contributed by atoms with van der Waals surface area (Å²) in [6.07, 6.45) is -9.97. The fraction of sp³-hybridized carbons (Fsp3) is 0.485. The van der Waals surface area contributed by atoms with Gasteiger partial charge < -0.3 is 39.6 Å². The number of nitrogens with zero attached hydrogens (tertiary/aromatic N) is 2. The van der Waals surface area contributed by atoms with Crippen molar-refractivity contribution in [2.75, 3.05) is 32.9 Å². The van der Waals surface area contributed by atoms with E-state index in [9.17, 15) is 57.7 Å². The Morgan fingerprint density at radius 2 is 1.71 bits per heavy atom. The molecule has 0 spiro atoms. The number of hydroxylamine groups is 1. The Balaban J connectivity index is 1.33. The van der Waals surface area contributed by atoms with E-state index >= 15 is 0 Å². The summed E-state index contributed by atoms with van der Waals surface area (Å²) in [7, 11) is 0. The van der Waals surface area contributed by atoms with Crippen LogP contribution >= 0.6 is 0 Å². The number of nitrogens with one attached hydrogen (secondary N) is 1. The van der Waals surface area contributed by atoms with E-state index in [2.05, 4.69) is 0 Å². The van der Waals surface area contributed by atoms with Gasteiger partial charge in [0.05, 0.1) is 28.8 Å². The van der Waals surface area contributed by atoms with Crippen LogP contribution in [0.3, 0.4) is 0 Å². The molecule has 2 aliphatic heterocycles. The van der Waals surface area contributed by atoms with Gasteiger partial charge in [-0.3, -0.25) is 28.9 Å². The zero-order valence-electron chi connectivity index (χ0n) is 27.3. The number of amides is 1. The molecule has 5 atom stereocenters. The van der Waals surface area contributed by atoms with Crippen LogP contribution in [0.2, 0.25) is 0 Å². The molecule has 1 amide bonds. The highest BCUT2D eigenvalue weighted by molar-refractivity contribution is 6.31. The number of hydrogen-bond acceptors (Lipinski definition) is 14. The molecule has 274 valence electrons. The Bertz CT molecular complexity index is 1830. The van der Waals surface area contributed by atoms with Crippen LogP contribution in [-0.4, -0.2) is 122 Å². The monoisotopic (exact) mass is 721 g/mol. The molecular formula is C33H34F3N3O12.